The molecule has 1 aromatic heterocycles. The predicted octanol–water partition coefficient (Wildman–Crippen LogP) is -1.09. The highest BCUT2D eigenvalue weighted by Crippen LogP contribution is 1.88. The quantitative estimate of drug-likeness (QED) is 0.632. The highest BCUT2D eigenvalue weighted by Gasteiger charge is 2.10. The van der Waals surface area contributed by atoms with Gasteiger partial charge in [0.2, 0.25) is 5.91 Å². The summed E-state index contributed by atoms with van der Waals surface area (Å²) in [5.74, 6) is -0.936. The standard InChI is InChI=1S/C10H12N4O3/c1-7(6-15)14-9(16)5-13-10(17)8-4-11-2-3-12-8/h2-4,6-7H,5H2,1H3,(H,13,17)(H,14,16). The smallest absolute Gasteiger partial charge is 0.271 e. The Labute approximate surface area is 97.6 Å². The van der Waals surface area contributed by atoms with Gasteiger partial charge in [0, 0.05) is 12.4 Å². The average Bonchev–Trinajstić information content (AvgIpc) is 2.36. The van der Waals surface area contributed by atoms with Crippen LogP contribution in [0.25, 0.3) is 0 Å². The summed E-state index contributed by atoms with van der Waals surface area (Å²) < 4.78 is 0. The van der Waals surface area contributed by atoms with Crippen molar-refractivity contribution in [3.63, 3.8) is 0 Å². The van der Waals surface area contributed by atoms with E-state index < -0.39 is 17.9 Å². The van der Waals surface area contributed by atoms with Gasteiger partial charge in [-0.2, -0.15) is 0 Å². The fourth-order valence-electron chi connectivity index (χ4n) is 1.01. The highest BCUT2D eigenvalue weighted by atomic mass is 16.2. The first-order valence-electron chi connectivity index (χ1n) is 4.92. The number of carbonyl (C=O) groups is 3. The fourth-order valence-corrected chi connectivity index (χ4v) is 1.01. The third-order valence-corrected chi connectivity index (χ3v) is 1.80. The van der Waals surface area contributed by atoms with Crippen LogP contribution < -0.4 is 10.6 Å². The maximum Gasteiger partial charge on any atom is 0.271 e. The Balaban J connectivity index is 2.39. The lowest BCUT2D eigenvalue weighted by atomic mass is 10.3. The zero-order valence-corrected chi connectivity index (χ0v) is 9.21. The molecule has 2 amide bonds. The van der Waals surface area contributed by atoms with Crippen molar-refractivity contribution in [2.45, 2.75) is 13.0 Å². The van der Waals surface area contributed by atoms with Crippen LogP contribution in [0.2, 0.25) is 0 Å². The van der Waals surface area contributed by atoms with E-state index in [-0.39, 0.29) is 12.2 Å². The van der Waals surface area contributed by atoms with Gasteiger partial charge in [0.05, 0.1) is 18.8 Å². The second-order valence-corrected chi connectivity index (χ2v) is 3.27. The molecule has 0 radical (unpaired) electrons. The Morgan fingerprint density at radius 3 is 2.82 bits per heavy atom. The Kier molecular flexibility index (Phi) is 4.74. The van der Waals surface area contributed by atoms with Crippen LogP contribution in [0.4, 0.5) is 0 Å². The van der Waals surface area contributed by atoms with Crippen molar-refractivity contribution in [2.24, 2.45) is 0 Å². The van der Waals surface area contributed by atoms with Crippen LogP contribution in [0.5, 0.6) is 0 Å². The van der Waals surface area contributed by atoms with Gasteiger partial charge in [0.15, 0.2) is 0 Å². The molecule has 7 nitrogen and oxygen atoms in total. The number of nitrogens with one attached hydrogen (secondary N) is 2. The molecule has 0 bridgehead atoms. The molecule has 0 fully saturated rings. The first kappa shape index (κ1) is 12.8. The van der Waals surface area contributed by atoms with Crippen molar-refractivity contribution >= 4 is 18.1 Å². The molecule has 1 aromatic rings. The first-order chi connectivity index (χ1) is 8.13. The zero-order chi connectivity index (χ0) is 12.7. The van der Waals surface area contributed by atoms with Gasteiger partial charge in [-0.25, -0.2) is 4.98 Å². The minimum Gasteiger partial charge on any atom is -0.345 e. The average molecular weight is 236 g/mol. The molecular weight excluding hydrogens is 224 g/mol. The molecule has 1 atom stereocenters. The molecule has 1 unspecified atom stereocenters. The van der Waals surface area contributed by atoms with Crippen molar-refractivity contribution < 1.29 is 14.4 Å². The van der Waals surface area contributed by atoms with Crippen molar-refractivity contribution in [3.05, 3.63) is 24.3 Å². The van der Waals surface area contributed by atoms with Gasteiger partial charge in [0.25, 0.3) is 5.91 Å². The van der Waals surface area contributed by atoms with Crippen LogP contribution in [0, 0.1) is 0 Å². The van der Waals surface area contributed by atoms with Gasteiger partial charge in [-0.1, -0.05) is 0 Å². The monoisotopic (exact) mass is 236 g/mol. The number of carbonyl (C=O) groups excluding carboxylic acids is 3. The second-order valence-electron chi connectivity index (χ2n) is 3.27. The van der Waals surface area contributed by atoms with E-state index in [9.17, 15) is 14.4 Å². The van der Waals surface area contributed by atoms with Crippen molar-refractivity contribution in [2.75, 3.05) is 6.54 Å². The summed E-state index contributed by atoms with van der Waals surface area (Å²) in [6.07, 6.45) is 4.71. The molecule has 0 aliphatic rings. The van der Waals surface area contributed by atoms with E-state index in [4.69, 9.17) is 0 Å². The van der Waals surface area contributed by atoms with Crippen molar-refractivity contribution in [1.82, 2.24) is 20.6 Å². The minimum absolute atomic E-state index is 0.128. The third-order valence-electron chi connectivity index (χ3n) is 1.80. The maximum atomic E-state index is 11.4. The molecule has 0 saturated heterocycles. The number of hydrogen-bond acceptors (Lipinski definition) is 5. The van der Waals surface area contributed by atoms with Gasteiger partial charge in [-0.3, -0.25) is 14.6 Å². The first-order valence-corrected chi connectivity index (χ1v) is 4.92. The zero-order valence-electron chi connectivity index (χ0n) is 9.21. The fraction of sp³-hybridized carbons (Fsp3) is 0.300. The minimum atomic E-state index is -0.573. The number of rotatable bonds is 5. The molecule has 1 heterocycles. The normalized spacial score (nSPS) is 11.4. The third kappa shape index (κ3) is 4.37. The van der Waals surface area contributed by atoms with Crippen molar-refractivity contribution in [1.29, 1.82) is 0 Å². The van der Waals surface area contributed by atoms with Gasteiger partial charge in [0.1, 0.15) is 12.0 Å². The molecule has 17 heavy (non-hydrogen) atoms. The molecule has 90 valence electrons. The van der Waals surface area contributed by atoms with Crippen LogP contribution >= 0.6 is 0 Å². The van der Waals surface area contributed by atoms with Gasteiger partial charge in [-0.15, -0.1) is 0 Å². The second kappa shape index (κ2) is 6.31. The van der Waals surface area contributed by atoms with Crippen LogP contribution in [0.1, 0.15) is 17.4 Å². The molecular formula is C10H12N4O3. The molecule has 2 N–H and O–H groups in total. The summed E-state index contributed by atoms with van der Waals surface area (Å²) in [6.45, 7) is 1.32. The van der Waals surface area contributed by atoms with E-state index in [0.717, 1.165) is 0 Å². The van der Waals surface area contributed by atoms with Crippen LogP contribution in [-0.4, -0.2) is 40.7 Å². The Hall–Kier alpha value is -2.31. The maximum absolute atomic E-state index is 11.4. The van der Waals surface area contributed by atoms with E-state index in [1.807, 2.05) is 0 Å². The summed E-state index contributed by atoms with van der Waals surface area (Å²) in [7, 11) is 0. The summed E-state index contributed by atoms with van der Waals surface area (Å²) >= 11 is 0. The summed E-state index contributed by atoms with van der Waals surface area (Å²) in [4.78, 5) is 40.4. The number of hydrogen-bond donors (Lipinski definition) is 2. The van der Waals surface area contributed by atoms with E-state index in [1.165, 1.54) is 25.5 Å². The molecule has 7 heteroatoms. The number of aromatic nitrogens is 2. The number of aldehydes is 1. The molecule has 1 rings (SSSR count). The molecule has 0 aliphatic carbocycles. The topological polar surface area (TPSA) is 101 Å². The van der Waals surface area contributed by atoms with Gasteiger partial charge < -0.3 is 15.4 Å². The molecule has 0 aliphatic heterocycles. The molecule has 0 saturated carbocycles. The lowest BCUT2D eigenvalue weighted by molar-refractivity contribution is -0.122. The van der Waals surface area contributed by atoms with Gasteiger partial charge in [-0.05, 0) is 6.92 Å². The number of amides is 2. The van der Waals surface area contributed by atoms with Crippen LogP contribution in [-0.2, 0) is 9.59 Å². The predicted molar refractivity (Wildman–Crippen MR) is 58.0 cm³/mol. The molecule has 0 spiro atoms. The van der Waals surface area contributed by atoms with E-state index in [0.29, 0.717) is 6.29 Å². The summed E-state index contributed by atoms with van der Waals surface area (Å²) in [5, 5.41) is 4.74. The lowest BCUT2D eigenvalue weighted by Gasteiger charge is -2.07. The highest BCUT2D eigenvalue weighted by molar-refractivity contribution is 5.94. The van der Waals surface area contributed by atoms with Crippen molar-refractivity contribution in [3.8, 4) is 0 Å². The number of nitrogens with zero attached hydrogens (tertiary/aromatic N) is 2. The van der Waals surface area contributed by atoms with E-state index in [1.54, 1.807) is 0 Å². The Morgan fingerprint density at radius 1 is 1.47 bits per heavy atom. The Morgan fingerprint density at radius 2 is 2.24 bits per heavy atom. The van der Waals surface area contributed by atoms with Crippen LogP contribution in [0.15, 0.2) is 18.6 Å². The van der Waals surface area contributed by atoms with E-state index in [2.05, 4.69) is 20.6 Å². The Bertz CT molecular complexity index is 407. The van der Waals surface area contributed by atoms with E-state index >= 15 is 0 Å². The molecule has 0 aromatic carbocycles. The lowest BCUT2D eigenvalue weighted by Crippen LogP contribution is -2.41. The largest absolute Gasteiger partial charge is 0.345 e. The summed E-state index contributed by atoms with van der Waals surface area (Å²) in [6, 6.07) is -0.573. The van der Waals surface area contributed by atoms with Gasteiger partial charge >= 0.3 is 0 Å². The van der Waals surface area contributed by atoms with Crippen LogP contribution in [0.3, 0.4) is 0 Å². The summed E-state index contributed by atoms with van der Waals surface area (Å²) in [5.41, 5.74) is 0.128. The SMILES string of the molecule is CC(C=O)NC(=O)CNC(=O)c1cnccn1.